The van der Waals surface area contributed by atoms with E-state index in [1.165, 1.54) is 11.0 Å². The van der Waals surface area contributed by atoms with Crippen molar-refractivity contribution in [1.82, 2.24) is 14.8 Å². The highest BCUT2D eigenvalue weighted by Gasteiger charge is 2.29. The van der Waals surface area contributed by atoms with Gasteiger partial charge >= 0.3 is 0 Å². The van der Waals surface area contributed by atoms with E-state index in [1.54, 1.807) is 41.9 Å². The Labute approximate surface area is 155 Å². The molecule has 5 nitrogen and oxygen atoms in total. The van der Waals surface area contributed by atoms with E-state index in [0.29, 0.717) is 23.1 Å². The molecular formula is C19H16ClFN4O. The monoisotopic (exact) mass is 370 g/mol. The quantitative estimate of drug-likeness (QED) is 0.686. The smallest absolute Gasteiger partial charge is 0.298 e. The van der Waals surface area contributed by atoms with Crippen molar-refractivity contribution in [3.63, 3.8) is 0 Å². The van der Waals surface area contributed by atoms with Crippen molar-refractivity contribution in [1.29, 1.82) is 0 Å². The highest BCUT2D eigenvalue weighted by atomic mass is 35.5. The number of halogens is 2. The molecule has 0 N–H and O–H groups in total. The third-order valence-electron chi connectivity index (χ3n) is 4.44. The van der Waals surface area contributed by atoms with Gasteiger partial charge in [0.15, 0.2) is 0 Å². The molecule has 2 aromatic carbocycles. The minimum atomic E-state index is -0.399. The summed E-state index contributed by atoms with van der Waals surface area (Å²) >= 11 is 5.92. The van der Waals surface area contributed by atoms with Gasteiger partial charge in [-0.05, 0) is 55.7 Å². The Bertz CT molecular complexity index is 984. The van der Waals surface area contributed by atoms with E-state index in [-0.39, 0.29) is 5.82 Å². The van der Waals surface area contributed by atoms with E-state index in [0.717, 1.165) is 24.1 Å². The average molecular weight is 371 g/mol. The van der Waals surface area contributed by atoms with Crippen LogP contribution in [0.2, 0.25) is 5.02 Å². The molecule has 7 heteroatoms. The number of nitrogens with zero attached hydrogens (tertiary/aromatic N) is 4. The fourth-order valence-electron chi connectivity index (χ4n) is 3.23. The van der Waals surface area contributed by atoms with Crippen LogP contribution in [-0.4, -0.2) is 27.2 Å². The predicted octanol–water partition coefficient (Wildman–Crippen LogP) is 3.96. The molecule has 132 valence electrons. The fraction of sp³-hybridized carbons (Fsp3) is 0.211. The molecule has 2 heterocycles. The van der Waals surface area contributed by atoms with Crippen LogP contribution in [0.3, 0.4) is 0 Å². The van der Waals surface area contributed by atoms with Gasteiger partial charge in [0.05, 0.1) is 11.4 Å². The van der Waals surface area contributed by atoms with Gasteiger partial charge in [0, 0.05) is 11.6 Å². The zero-order chi connectivity index (χ0) is 18.3. The second kappa shape index (κ2) is 6.53. The van der Waals surface area contributed by atoms with Gasteiger partial charge in [-0.15, -0.1) is 5.10 Å². The first kappa shape index (κ1) is 16.7. The van der Waals surface area contributed by atoms with E-state index in [1.807, 2.05) is 6.07 Å². The van der Waals surface area contributed by atoms with Crippen LogP contribution in [0.25, 0.3) is 5.69 Å². The number of aromatic nitrogens is 3. The molecule has 4 rings (SSSR count). The molecule has 0 aliphatic carbocycles. The maximum absolute atomic E-state index is 14.3. The minimum Gasteiger partial charge on any atom is -0.302 e. The summed E-state index contributed by atoms with van der Waals surface area (Å²) in [5, 5.41) is 4.95. The van der Waals surface area contributed by atoms with E-state index in [2.05, 4.69) is 10.1 Å². The number of fused-ring (bicyclic) bond motifs is 1. The SMILES string of the molecule is Cc1nc(C(=O)N2CCCc3cccc(F)c32)nn1-c1ccc(Cl)cc1. The standard InChI is InChI=1S/C19H16ClFN4O/c1-12-22-18(23-25(12)15-9-7-14(20)8-10-15)19(26)24-11-3-5-13-4-2-6-16(21)17(13)24/h2,4,6-10H,3,5,11H2,1H3. The van der Waals surface area contributed by atoms with Gasteiger partial charge in [0.2, 0.25) is 5.82 Å². The minimum absolute atomic E-state index is 0.0496. The molecule has 0 bridgehead atoms. The van der Waals surface area contributed by atoms with E-state index >= 15 is 0 Å². The molecule has 1 amide bonds. The number of aryl methyl sites for hydroxylation is 2. The van der Waals surface area contributed by atoms with E-state index < -0.39 is 11.7 Å². The summed E-state index contributed by atoms with van der Waals surface area (Å²) in [6, 6.07) is 12.0. The molecule has 1 aromatic heterocycles. The number of para-hydroxylation sites is 1. The third kappa shape index (κ3) is 2.86. The molecule has 1 aliphatic heterocycles. The second-order valence-electron chi connectivity index (χ2n) is 6.18. The Balaban J connectivity index is 1.71. The lowest BCUT2D eigenvalue weighted by Gasteiger charge is -2.28. The predicted molar refractivity (Wildman–Crippen MR) is 97.5 cm³/mol. The molecule has 3 aromatic rings. The maximum Gasteiger partial charge on any atom is 0.298 e. The molecule has 0 radical (unpaired) electrons. The molecule has 0 saturated heterocycles. The maximum atomic E-state index is 14.3. The first-order valence-electron chi connectivity index (χ1n) is 8.33. The number of benzene rings is 2. The van der Waals surface area contributed by atoms with Gasteiger partial charge in [-0.2, -0.15) is 0 Å². The zero-order valence-electron chi connectivity index (χ0n) is 14.1. The van der Waals surface area contributed by atoms with Crippen LogP contribution >= 0.6 is 11.6 Å². The molecule has 0 unspecified atom stereocenters. The lowest BCUT2D eigenvalue weighted by atomic mass is 10.0. The summed E-state index contributed by atoms with van der Waals surface area (Å²) < 4.78 is 15.9. The fourth-order valence-corrected chi connectivity index (χ4v) is 3.36. The Morgan fingerprint density at radius 1 is 1.19 bits per heavy atom. The molecular weight excluding hydrogens is 355 g/mol. The van der Waals surface area contributed by atoms with Crippen LogP contribution < -0.4 is 4.90 Å². The topological polar surface area (TPSA) is 51.0 Å². The highest BCUT2D eigenvalue weighted by molar-refractivity contribution is 6.30. The van der Waals surface area contributed by atoms with Crippen LogP contribution in [0.5, 0.6) is 0 Å². The van der Waals surface area contributed by atoms with Gasteiger partial charge in [0.25, 0.3) is 5.91 Å². The van der Waals surface area contributed by atoms with Crippen molar-refractivity contribution < 1.29 is 9.18 Å². The van der Waals surface area contributed by atoms with E-state index in [4.69, 9.17) is 11.6 Å². The Morgan fingerprint density at radius 2 is 1.96 bits per heavy atom. The number of amides is 1. The van der Waals surface area contributed by atoms with Crippen LogP contribution in [0.15, 0.2) is 42.5 Å². The van der Waals surface area contributed by atoms with Gasteiger partial charge in [-0.1, -0.05) is 23.7 Å². The first-order chi connectivity index (χ1) is 12.5. The largest absolute Gasteiger partial charge is 0.302 e. The summed E-state index contributed by atoms with van der Waals surface area (Å²) in [7, 11) is 0. The summed E-state index contributed by atoms with van der Waals surface area (Å²) in [4.78, 5) is 18.7. The highest BCUT2D eigenvalue weighted by Crippen LogP contribution is 2.30. The van der Waals surface area contributed by atoms with Gasteiger partial charge in [-0.25, -0.2) is 14.1 Å². The number of hydrogen-bond donors (Lipinski definition) is 0. The van der Waals surface area contributed by atoms with Crippen molar-refractivity contribution in [3.8, 4) is 5.69 Å². The Kier molecular flexibility index (Phi) is 4.20. The van der Waals surface area contributed by atoms with Crippen molar-refractivity contribution in [2.75, 3.05) is 11.4 Å². The van der Waals surface area contributed by atoms with Gasteiger partial charge < -0.3 is 4.90 Å². The third-order valence-corrected chi connectivity index (χ3v) is 4.70. The second-order valence-corrected chi connectivity index (χ2v) is 6.62. The normalized spacial score (nSPS) is 13.6. The van der Waals surface area contributed by atoms with Gasteiger partial charge in [-0.3, -0.25) is 4.79 Å². The summed E-state index contributed by atoms with van der Waals surface area (Å²) in [5.41, 5.74) is 1.92. The molecule has 0 spiro atoms. The number of hydrogen-bond acceptors (Lipinski definition) is 3. The summed E-state index contributed by atoms with van der Waals surface area (Å²) in [6.07, 6.45) is 1.53. The number of carbonyl (C=O) groups excluding carboxylic acids is 1. The lowest BCUT2D eigenvalue weighted by Crippen LogP contribution is -2.37. The van der Waals surface area contributed by atoms with Crippen molar-refractivity contribution in [2.45, 2.75) is 19.8 Å². The van der Waals surface area contributed by atoms with E-state index in [9.17, 15) is 9.18 Å². The van der Waals surface area contributed by atoms with Gasteiger partial charge in [0.1, 0.15) is 11.6 Å². The summed E-state index contributed by atoms with van der Waals surface area (Å²) in [6.45, 7) is 2.21. The van der Waals surface area contributed by atoms with Crippen molar-refractivity contribution in [3.05, 3.63) is 70.5 Å². The Hall–Kier alpha value is -2.73. The average Bonchev–Trinajstić information content (AvgIpc) is 3.03. The molecule has 0 saturated carbocycles. The van der Waals surface area contributed by atoms with Crippen LogP contribution in [0, 0.1) is 12.7 Å². The van der Waals surface area contributed by atoms with Crippen molar-refractivity contribution in [2.24, 2.45) is 0 Å². The summed E-state index contributed by atoms with van der Waals surface area (Å²) in [5.74, 6) is -0.175. The van der Waals surface area contributed by atoms with Crippen LogP contribution in [0.4, 0.5) is 10.1 Å². The molecule has 1 aliphatic rings. The molecule has 26 heavy (non-hydrogen) atoms. The lowest BCUT2D eigenvalue weighted by molar-refractivity contribution is 0.0974. The van der Waals surface area contributed by atoms with Crippen LogP contribution in [-0.2, 0) is 6.42 Å². The van der Waals surface area contributed by atoms with Crippen molar-refractivity contribution >= 4 is 23.2 Å². The number of rotatable bonds is 2. The number of anilines is 1. The Morgan fingerprint density at radius 3 is 2.73 bits per heavy atom. The molecule has 0 fully saturated rings. The first-order valence-corrected chi connectivity index (χ1v) is 8.71. The molecule has 0 atom stereocenters. The number of carbonyl (C=O) groups is 1. The van der Waals surface area contributed by atoms with Crippen LogP contribution in [0.1, 0.15) is 28.4 Å². The zero-order valence-corrected chi connectivity index (χ0v) is 14.9.